The molecule has 0 radical (unpaired) electrons. The Morgan fingerprint density at radius 1 is 0.750 bits per heavy atom. The number of carbonyl (C=O) groups excluding carboxylic acids is 2. The van der Waals surface area contributed by atoms with Crippen LogP contribution in [0.3, 0.4) is 0 Å². The second kappa shape index (κ2) is 19.9. The van der Waals surface area contributed by atoms with Gasteiger partial charge < -0.3 is 14.8 Å². The van der Waals surface area contributed by atoms with Crippen LogP contribution in [0.4, 0.5) is 0 Å². The molecular weight excluding hydrogens is 329 g/mol. The van der Waals surface area contributed by atoms with Crippen molar-refractivity contribution in [2.24, 2.45) is 0 Å². The Hall–Kier alpha value is 0.576. The number of amides is 1. The van der Waals surface area contributed by atoms with Crippen LogP contribution in [0.5, 0.6) is 0 Å². The summed E-state index contributed by atoms with van der Waals surface area (Å²) < 4.78 is 0. The summed E-state index contributed by atoms with van der Waals surface area (Å²) in [6.07, 6.45) is 17.0. The van der Waals surface area contributed by atoms with E-state index < -0.39 is 5.97 Å². The van der Waals surface area contributed by atoms with E-state index in [0.29, 0.717) is 6.42 Å². The van der Waals surface area contributed by atoms with Gasteiger partial charge in [0.05, 0.1) is 12.5 Å². The van der Waals surface area contributed by atoms with E-state index in [1.165, 1.54) is 82.6 Å². The SMILES string of the molecule is CCCCCCCCCCCCCCCC(=O)N(C)CC(=O)[O-].[K+]. The first-order valence-electron chi connectivity index (χ1n) is 9.51. The molecule has 0 aromatic carbocycles. The first-order chi connectivity index (χ1) is 11.1. The third-order valence-electron chi connectivity index (χ3n) is 4.29. The van der Waals surface area contributed by atoms with Gasteiger partial charge in [-0.3, -0.25) is 4.79 Å². The van der Waals surface area contributed by atoms with Gasteiger partial charge in [-0.05, 0) is 6.42 Å². The van der Waals surface area contributed by atoms with Gasteiger partial charge in [0.25, 0.3) is 0 Å². The second-order valence-corrected chi connectivity index (χ2v) is 6.61. The standard InChI is InChI=1S/C19H37NO3.K/c1-3-4-5-6-7-8-9-10-11-12-13-14-15-16-18(21)20(2)17-19(22)23;/h3-17H2,1-2H3,(H,22,23);/q;+1/p-1. The quantitative estimate of drug-likeness (QED) is 0.298. The maximum atomic E-state index is 11.6. The fraction of sp³-hybridized carbons (Fsp3) is 0.895. The normalized spacial score (nSPS) is 10.2. The number of hydrogen-bond donors (Lipinski definition) is 0. The summed E-state index contributed by atoms with van der Waals surface area (Å²) in [5, 5.41) is 10.4. The van der Waals surface area contributed by atoms with Gasteiger partial charge >= 0.3 is 51.4 Å². The van der Waals surface area contributed by atoms with Crippen molar-refractivity contribution in [2.45, 2.75) is 96.8 Å². The van der Waals surface area contributed by atoms with Crippen molar-refractivity contribution >= 4 is 11.9 Å². The molecule has 0 aliphatic carbocycles. The molecule has 0 spiro atoms. The molecule has 0 saturated carbocycles. The molecule has 0 saturated heterocycles. The first kappa shape index (κ1) is 26.8. The van der Waals surface area contributed by atoms with Gasteiger partial charge in [-0.1, -0.05) is 84.0 Å². The van der Waals surface area contributed by atoms with Gasteiger partial charge in [-0.15, -0.1) is 0 Å². The molecule has 4 nitrogen and oxygen atoms in total. The van der Waals surface area contributed by atoms with E-state index in [1.54, 1.807) is 0 Å². The molecule has 0 aromatic heterocycles. The number of carboxylic acids is 1. The number of hydrogen-bond acceptors (Lipinski definition) is 3. The van der Waals surface area contributed by atoms with Crippen LogP contribution in [0.1, 0.15) is 96.8 Å². The first-order valence-corrected chi connectivity index (χ1v) is 9.51. The Balaban J connectivity index is 0. The molecule has 0 rings (SSSR count). The van der Waals surface area contributed by atoms with Crippen LogP contribution in [0, 0.1) is 0 Å². The second-order valence-electron chi connectivity index (χ2n) is 6.61. The average molecular weight is 366 g/mol. The van der Waals surface area contributed by atoms with E-state index in [0.717, 1.165) is 12.8 Å². The van der Waals surface area contributed by atoms with E-state index in [4.69, 9.17) is 0 Å². The van der Waals surface area contributed by atoms with Gasteiger partial charge in [0.2, 0.25) is 5.91 Å². The van der Waals surface area contributed by atoms with Crippen LogP contribution in [-0.2, 0) is 9.59 Å². The molecule has 0 aliphatic rings. The maximum absolute atomic E-state index is 11.6. The Kier molecular flexibility index (Phi) is 22.2. The summed E-state index contributed by atoms with van der Waals surface area (Å²) in [4.78, 5) is 23.2. The van der Waals surface area contributed by atoms with E-state index in [1.807, 2.05) is 0 Å². The molecule has 5 heteroatoms. The van der Waals surface area contributed by atoms with Crippen LogP contribution in [-0.4, -0.2) is 30.4 Å². The molecule has 0 aliphatic heterocycles. The number of likely N-dealkylation sites (N-methyl/N-ethyl adjacent to an activating group) is 1. The smallest absolute Gasteiger partial charge is 0.548 e. The summed E-state index contributed by atoms with van der Waals surface area (Å²) in [6, 6.07) is 0. The number of carboxylic acid groups (broad SMARTS) is 1. The molecule has 136 valence electrons. The summed E-state index contributed by atoms with van der Waals surface area (Å²) in [6.45, 7) is 1.94. The van der Waals surface area contributed by atoms with Crippen LogP contribution >= 0.6 is 0 Å². The third-order valence-corrected chi connectivity index (χ3v) is 4.29. The Morgan fingerprint density at radius 2 is 1.12 bits per heavy atom. The molecule has 0 heterocycles. The van der Waals surface area contributed by atoms with Crippen LogP contribution in [0.2, 0.25) is 0 Å². The largest absolute Gasteiger partial charge is 1.00 e. The fourth-order valence-electron chi connectivity index (χ4n) is 2.77. The molecule has 0 aromatic rings. The predicted octanol–water partition coefficient (Wildman–Crippen LogP) is 0.680. The van der Waals surface area contributed by atoms with Crippen LogP contribution in [0.15, 0.2) is 0 Å². The molecule has 0 bridgehead atoms. The zero-order valence-corrected chi connectivity index (χ0v) is 19.4. The molecule has 0 atom stereocenters. The summed E-state index contributed by atoms with van der Waals surface area (Å²) in [5.74, 6) is -1.30. The van der Waals surface area contributed by atoms with Crippen molar-refractivity contribution in [3.05, 3.63) is 0 Å². The number of aliphatic carboxylic acids is 1. The molecular formula is C19H36KNO3. The minimum atomic E-state index is -1.20. The van der Waals surface area contributed by atoms with Gasteiger partial charge in [-0.25, -0.2) is 0 Å². The maximum Gasteiger partial charge on any atom is 1.00 e. The molecule has 0 fully saturated rings. The third kappa shape index (κ3) is 18.9. The number of rotatable bonds is 16. The van der Waals surface area contributed by atoms with Crippen molar-refractivity contribution < 1.29 is 66.1 Å². The van der Waals surface area contributed by atoms with Gasteiger partial charge in [-0.2, -0.15) is 0 Å². The molecule has 24 heavy (non-hydrogen) atoms. The zero-order chi connectivity index (χ0) is 17.3. The zero-order valence-electron chi connectivity index (χ0n) is 16.3. The monoisotopic (exact) mass is 365 g/mol. The number of nitrogens with zero attached hydrogens (tertiary/aromatic N) is 1. The summed E-state index contributed by atoms with van der Waals surface area (Å²) in [5.41, 5.74) is 0. The fourth-order valence-corrected chi connectivity index (χ4v) is 2.77. The van der Waals surface area contributed by atoms with E-state index >= 15 is 0 Å². The molecule has 0 unspecified atom stereocenters. The minimum Gasteiger partial charge on any atom is -0.548 e. The Morgan fingerprint density at radius 3 is 1.50 bits per heavy atom. The van der Waals surface area contributed by atoms with Crippen molar-refractivity contribution in [1.82, 2.24) is 4.90 Å². The van der Waals surface area contributed by atoms with E-state index in [2.05, 4.69) is 6.92 Å². The minimum absolute atomic E-state index is 0. The number of unbranched alkanes of at least 4 members (excludes halogenated alkanes) is 12. The summed E-state index contributed by atoms with van der Waals surface area (Å²) in [7, 11) is 1.51. The van der Waals surface area contributed by atoms with Crippen LogP contribution in [0.25, 0.3) is 0 Å². The predicted molar refractivity (Wildman–Crippen MR) is 93.0 cm³/mol. The van der Waals surface area contributed by atoms with Gasteiger partial charge in [0, 0.05) is 13.5 Å². The molecule has 1 amide bonds. The number of carbonyl (C=O) groups is 2. The van der Waals surface area contributed by atoms with Gasteiger partial charge in [0.15, 0.2) is 0 Å². The van der Waals surface area contributed by atoms with Crippen molar-refractivity contribution in [3.8, 4) is 0 Å². The average Bonchev–Trinajstić information content (AvgIpc) is 2.51. The topological polar surface area (TPSA) is 60.4 Å². The van der Waals surface area contributed by atoms with Crippen LogP contribution < -0.4 is 56.5 Å². The van der Waals surface area contributed by atoms with Crippen molar-refractivity contribution in [1.29, 1.82) is 0 Å². The Labute approximate surface area is 191 Å². The summed E-state index contributed by atoms with van der Waals surface area (Å²) >= 11 is 0. The Bertz CT molecular complexity index is 311. The van der Waals surface area contributed by atoms with Crippen molar-refractivity contribution in [2.75, 3.05) is 13.6 Å². The van der Waals surface area contributed by atoms with E-state index in [-0.39, 0.29) is 63.8 Å². The van der Waals surface area contributed by atoms with E-state index in [9.17, 15) is 14.7 Å². The van der Waals surface area contributed by atoms with Gasteiger partial charge in [0.1, 0.15) is 0 Å². The van der Waals surface area contributed by atoms with Crippen molar-refractivity contribution in [3.63, 3.8) is 0 Å². The molecule has 0 N–H and O–H groups in total.